The number of benzene rings is 2. The van der Waals surface area contributed by atoms with Crippen LogP contribution in [0.2, 0.25) is 0 Å². The molecule has 148 valence electrons. The molecule has 0 spiro atoms. The van der Waals surface area contributed by atoms with Crippen LogP contribution in [0.5, 0.6) is 0 Å². The van der Waals surface area contributed by atoms with Crippen LogP contribution in [0.1, 0.15) is 17.5 Å². The third-order valence-corrected chi connectivity index (χ3v) is 4.60. The lowest BCUT2D eigenvalue weighted by atomic mass is 10.1. The van der Waals surface area contributed by atoms with Crippen molar-refractivity contribution < 1.29 is 9.18 Å². The molecule has 0 aromatic heterocycles. The molecule has 1 heterocycles. The molecule has 1 aliphatic heterocycles. The fraction of sp³-hybridized carbons (Fsp3) is 0.350. The van der Waals surface area contributed by atoms with Crippen LogP contribution < -0.4 is 5.73 Å². The van der Waals surface area contributed by atoms with Crippen LogP contribution in [0.15, 0.2) is 48.5 Å². The van der Waals surface area contributed by atoms with Crippen molar-refractivity contribution in [2.75, 3.05) is 31.9 Å². The zero-order valence-electron chi connectivity index (χ0n) is 15.1. The molecule has 0 bridgehead atoms. The van der Waals surface area contributed by atoms with E-state index in [1.165, 1.54) is 12.1 Å². The van der Waals surface area contributed by atoms with Gasteiger partial charge in [-0.25, -0.2) is 4.39 Å². The fourth-order valence-corrected chi connectivity index (χ4v) is 3.15. The third-order valence-electron chi connectivity index (χ3n) is 4.60. The van der Waals surface area contributed by atoms with Crippen LogP contribution in [-0.4, -0.2) is 41.9 Å². The number of hydrogen-bond donors (Lipinski definition) is 1. The van der Waals surface area contributed by atoms with E-state index in [0.717, 1.165) is 50.3 Å². The van der Waals surface area contributed by atoms with Gasteiger partial charge in [-0.3, -0.25) is 9.69 Å². The van der Waals surface area contributed by atoms with Gasteiger partial charge in [-0.1, -0.05) is 24.3 Å². The Morgan fingerprint density at radius 1 is 0.889 bits per heavy atom. The second kappa shape index (κ2) is 11.1. The number of nitrogens with zero attached hydrogens (tertiary/aromatic N) is 2. The summed E-state index contributed by atoms with van der Waals surface area (Å²) in [4.78, 5) is 16.8. The molecule has 2 N–H and O–H groups in total. The smallest absolute Gasteiger partial charge is 0.227 e. The Kier molecular flexibility index (Phi) is 9.56. The molecule has 1 amide bonds. The van der Waals surface area contributed by atoms with Gasteiger partial charge in [-0.2, -0.15) is 0 Å². The summed E-state index contributed by atoms with van der Waals surface area (Å²) in [6.07, 6.45) is 1.37. The lowest BCUT2D eigenvalue weighted by Crippen LogP contribution is -2.36. The van der Waals surface area contributed by atoms with E-state index in [-0.39, 0.29) is 36.5 Å². The standard InChI is InChI=1S/C20H24FN3O.2ClH/c21-18-6-2-17(3-7-18)15-23-10-1-11-24(13-12-23)20(25)14-16-4-8-19(22)9-5-16;;/h2-9H,1,10-15,22H2;2*1H. The van der Waals surface area contributed by atoms with Gasteiger partial charge >= 0.3 is 0 Å². The molecule has 2 aromatic rings. The molecule has 27 heavy (non-hydrogen) atoms. The Morgan fingerprint density at radius 2 is 1.52 bits per heavy atom. The van der Waals surface area contributed by atoms with Crippen molar-refractivity contribution in [1.82, 2.24) is 9.80 Å². The first-order valence-electron chi connectivity index (χ1n) is 8.69. The van der Waals surface area contributed by atoms with Gasteiger partial charge in [0.15, 0.2) is 0 Å². The molecular weight excluding hydrogens is 388 g/mol. The monoisotopic (exact) mass is 413 g/mol. The number of nitrogens with two attached hydrogens (primary N) is 1. The number of amides is 1. The van der Waals surface area contributed by atoms with Crippen LogP contribution in [0.25, 0.3) is 0 Å². The highest BCUT2D eigenvalue weighted by molar-refractivity contribution is 5.85. The molecule has 4 nitrogen and oxygen atoms in total. The van der Waals surface area contributed by atoms with Gasteiger partial charge in [0.1, 0.15) is 5.82 Å². The number of halogens is 3. The molecule has 0 radical (unpaired) electrons. The maximum absolute atomic E-state index is 13.0. The maximum Gasteiger partial charge on any atom is 0.227 e. The van der Waals surface area contributed by atoms with Crippen molar-refractivity contribution in [3.8, 4) is 0 Å². The second-order valence-corrected chi connectivity index (χ2v) is 6.56. The van der Waals surface area contributed by atoms with E-state index in [1.807, 2.05) is 41.3 Å². The van der Waals surface area contributed by atoms with E-state index in [1.54, 1.807) is 0 Å². The van der Waals surface area contributed by atoms with Crippen LogP contribution in [0.4, 0.5) is 10.1 Å². The van der Waals surface area contributed by atoms with Crippen molar-refractivity contribution in [3.63, 3.8) is 0 Å². The van der Waals surface area contributed by atoms with E-state index in [9.17, 15) is 9.18 Å². The van der Waals surface area contributed by atoms with Crippen molar-refractivity contribution in [2.24, 2.45) is 0 Å². The molecule has 1 saturated heterocycles. The van der Waals surface area contributed by atoms with Gasteiger partial charge in [0, 0.05) is 38.4 Å². The average Bonchev–Trinajstić information content (AvgIpc) is 2.85. The summed E-state index contributed by atoms with van der Waals surface area (Å²) in [6.45, 7) is 4.09. The highest BCUT2D eigenvalue weighted by Gasteiger charge is 2.19. The Hall–Kier alpha value is -1.82. The van der Waals surface area contributed by atoms with Crippen LogP contribution >= 0.6 is 24.8 Å². The molecule has 0 aliphatic carbocycles. The van der Waals surface area contributed by atoms with Crippen LogP contribution in [-0.2, 0) is 17.8 Å². The summed E-state index contributed by atoms with van der Waals surface area (Å²) in [6, 6.07) is 14.1. The van der Waals surface area contributed by atoms with Crippen molar-refractivity contribution in [1.29, 1.82) is 0 Å². The van der Waals surface area contributed by atoms with E-state index in [2.05, 4.69) is 4.90 Å². The molecule has 7 heteroatoms. The number of carbonyl (C=O) groups excluding carboxylic acids is 1. The normalized spacial score (nSPS) is 14.6. The molecule has 0 saturated carbocycles. The van der Waals surface area contributed by atoms with E-state index in [4.69, 9.17) is 5.73 Å². The second-order valence-electron chi connectivity index (χ2n) is 6.56. The van der Waals surface area contributed by atoms with E-state index >= 15 is 0 Å². The first-order valence-corrected chi connectivity index (χ1v) is 8.69. The zero-order chi connectivity index (χ0) is 17.6. The summed E-state index contributed by atoms with van der Waals surface area (Å²) in [5.74, 6) is -0.0486. The number of anilines is 1. The highest BCUT2D eigenvalue weighted by atomic mass is 35.5. The Labute approximate surface area is 172 Å². The maximum atomic E-state index is 13.0. The first kappa shape index (κ1) is 23.2. The molecule has 1 aliphatic rings. The fourth-order valence-electron chi connectivity index (χ4n) is 3.15. The number of nitrogen functional groups attached to an aromatic ring is 1. The summed E-state index contributed by atoms with van der Waals surface area (Å²) < 4.78 is 13.0. The Bertz CT molecular complexity index is 710. The predicted molar refractivity (Wildman–Crippen MR) is 112 cm³/mol. The molecule has 2 aromatic carbocycles. The zero-order valence-corrected chi connectivity index (χ0v) is 16.8. The Morgan fingerprint density at radius 3 is 2.19 bits per heavy atom. The summed E-state index contributed by atoms with van der Waals surface area (Å²) in [5, 5.41) is 0. The largest absolute Gasteiger partial charge is 0.399 e. The number of rotatable bonds is 4. The van der Waals surface area contributed by atoms with Crippen molar-refractivity contribution in [2.45, 2.75) is 19.4 Å². The summed E-state index contributed by atoms with van der Waals surface area (Å²) in [5.41, 5.74) is 8.49. The SMILES string of the molecule is Cl.Cl.Nc1ccc(CC(=O)N2CCCN(Cc3ccc(F)cc3)CC2)cc1. The minimum atomic E-state index is -0.209. The molecule has 0 unspecified atom stereocenters. The average molecular weight is 414 g/mol. The minimum absolute atomic E-state index is 0. The van der Waals surface area contributed by atoms with Gasteiger partial charge < -0.3 is 10.6 Å². The molecular formula is C20H26Cl2FN3O. The number of carbonyl (C=O) groups is 1. The van der Waals surface area contributed by atoms with Gasteiger partial charge in [-0.05, 0) is 41.8 Å². The van der Waals surface area contributed by atoms with Gasteiger partial charge in [0.05, 0.1) is 6.42 Å². The topological polar surface area (TPSA) is 49.6 Å². The summed E-state index contributed by atoms with van der Waals surface area (Å²) >= 11 is 0. The predicted octanol–water partition coefficient (Wildman–Crippen LogP) is 3.53. The van der Waals surface area contributed by atoms with Crippen molar-refractivity contribution >= 4 is 36.4 Å². The van der Waals surface area contributed by atoms with Gasteiger partial charge in [0.25, 0.3) is 0 Å². The molecule has 3 rings (SSSR count). The quantitative estimate of drug-likeness (QED) is 0.779. The van der Waals surface area contributed by atoms with Crippen LogP contribution in [0, 0.1) is 5.82 Å². The van der Waals surface area contributed by atoms with Gasteiger partial charge in [0.2, 0.25) is 5.91 Å². The third kappa shape index (κ3) is 7.01. The van der Waals surface area contributed by atoms with Crippen LogP contribution in [0.3, 0.4) is 0 Å². The lowest BCUT2D eigenvalue weighted by molar-refractivity contribution is -0.130. The lowest BCUT2D eigenvalue weighted by Gasteiger charge is -2.22. The highest BCUT2D eigenvalue weighted by Crippen LogP contribution is 2.12. The number of hydrogen-bond acceptors (Lipinski definition) is 3. The Balaban J connectivity index is 0.00000182. The molecule has 1 fully saturated rings. The van der Waals surface area contributed by atoms with E-state index < -0.39 is 0 Å². The first-order chi connectivity index (χ1) is 12.1. The summed E-state index contributed by atoms with van der Waals surface area (Å²) in [7, 11) is 0. The minimum Gasteiger partial charge on any atom is -0.399 e. The van der Waals surface area contributed by atoms with Crippen molar-refractivity contribution in [3.05, 3.63) is 65.5 Å². The van der Waals surface area contributed by atoms with Gasteiger partial charge in [-0.15, -0.1) is 24.8 Å². The molecule has 0 atom stereocenters. The van der Waals surface area contributed by atoms with E-state index in [0.29, 0.717) is 12.1 Å².